The Morgan fingerprint density at radius 3 is 2.44 bits per heavy atom. The summed E-state index contributed by atoms with van der Waals surface area (Å²) in [5.41, 5.74) is 6.25. The van der Waals surface area contributed by atoms with Crippen LogP contribution < -0.4 is 10.4 Å². The molecule has 0 atom stereocenters. The molecule has 0 radical (unpaired) electrons. The minimum atomic E-state index is -0.438. The van der Waals surface area contributed by atoms with Gasteiger partial charge in [-0.25, -0.2) is 4.79 Å². The quantitative estimate of drug-likeness (QED) is 0.368. The fraction of sp³-hybridized carbons (Fsp3) is 0.321. The first-order chi connectivity index (χ1) is 15.1. The zero-order valence-corrected chi connectivity index (χ0v) is 19.6. The summed E-state index contributed by atoms with van der Waals surface area (Å²) in [5, 5.41) is 10.7. The van der Waals surface area contributed by atoms with Gasteiger partial charge in [-0.15, -0.1) is 0 Å². The molecule has 2 aromatic carbocycles. The van der Waals surface area contributed by atoms with E-state index in [0.717, 1.165) is 51.8 Å². The monoisotopic (exact) mass is 430 g/mol. The lowest BCUT2D eigenvalue weighted by molar-refractivity contribution is 0.157. The summed E-state index contributed by atoms with van der Waals surface area (Å²) in [5.74, 6) is 0.966. The molecule has 0 spiro atoms. The number of rotatable bonds is 4. The first-order valence-corrected chi connectivity index (χ1v) is 11.1. The van der Waals surface area contributed by atoms with Gasteiger partial charge >= 0.3 is 5.63 Å². The van der Waals surface area contributed by atoms with Crippen molar-refractivity contribution in [2.45, 2.75) is 60.0 Å². The maximum Gasteiger partial charge on any atom is 0.344 e. The van der Waals surface area contributed by atoms with E-state index < -0.39 is 5.60 Å². The molecule has 0 saturated heterocycles. The van der Waals surface area contributed by atoms with E-state index in [-0.39, 0.29) is 11.4 Å². The molecule has 1 N–H and O–H groups in total. The lowest BCUT2D eigenvalue weighted by Gasteiger charge is -2.31. The van der Waals surface area contributed by atoms with Gasteiger partial charge in [0, 0.05) is 10.9 Å². The molecule has 2 heterocycles. The smallest absolute Gasteiger partial charge is 0.344 e. The third kappa shape index (κ3) is 3.75. The molecule has 32 heavy (non-hydrogen) atoms. The van der Waals surface area contributed by atoms with E-state index in [1.54, 1.807) is 24.3 Å². The van der Waals surface area contributed by atoms with E-state index in [0.29, 0.717) is 11.1 Å². The average molecular weight is 431 g/mol. The van der Waals surface area contributed by atoms with Gasteiger partial charge in [0.1, 0.15) is 22.7 Å². The van der Waals surface area contributed by atoms with Crippen molar-refractivity contribution in [3.63, 3.8) is 0 Å². The van der Waals surface area contributed by atoms with Crippen molar-refractivity contribution in [3.8, 4) is 22.6 Å². The van der Waals surface area contributed by atoms with E-state index >= 15 is 0 Å². The molecule has 166 valence electrons. The number of benzene rings is 2. The van der Waals surface area contributed by atoms with Crippen LogP contribution in [0.3, 0.4) is 0 Å². The van der Waals surface area contributed by atoms with Crippen molar-refractivity contribution < 1.29 is 14.3 Å². The molecule has 0 fully saturated rings. The molecule has 0 amide bonds. The summed E-state index contributed by atoms with van der Waals surface area (Å²) in [6.45, 7) is 12.4. The van der Waals surface area contributed by atoms with E-state index in [1.807, 2.05) is 32.9 Å². The van der Waals surface area contributed by atoms with E-state index in [1.165, 1.54) is 5.57 Å². The molecular weight excluding hydrogens is 400 g/mol. The minimum Gasteiger partial charge on any atom is -0.508 e. The predicted octanol–water partition coefficient (Wildman–Crippen LogP) is 6.73. The number of allylic oxidation sites excluding steroid dienone is 2. The summed E-state index contributed by atoms with van der Waals surface area (Å²) in [6, 6.07) is 6.68. The van der Waals surface area contributed by atoms with Gasteiger partial charge in [0.15, 0.2) is 0 Å². The Balaban J connectivity index is 2.13. The highest BCUT2D eigenvalue weighted by atomic mass is 16.5. The SMILES string of the molecule is CCc1c(CC=C(C)C)c2c(c3oc(=O)c(-c4ccc(O)cc4)c(C)c13)C=CC(C)(C)O2. The first kappa shape index (κ1) is 21.9. The Hall–Kier alpha value is -3.27. The summed E-state index contributed by atoms with van der Waals surface area (Å²) in [6.07, 6.45) is 7.78. The largest absolute Gasteiger partial charge is 0.508 e. The van der Waals surface area contributed by atoms with Crippen molar-refractivity contribution >= 4 is 17.0 Å². The molecular formula is C28H30O4. The number of hydrogen-bond acceptors (Lipinski definition) is 4. The Morgan fingerprint density at radius 1 is 1.12 bits per heavy atom. The van der Waals surface area contributed by atoms with Crippen LogP contribution in [0.15, 0.2) is 51.2 Å². The Kier molecular flexibility index (Phi) is 5.49. The molecule has 4 nitrogen and oxygen atoms in total. The number of aromatic hydroxyl groups is 1. The average Bonchev–Trinajstić information content (AvgIpc) is 2.72. The highest BCUT2D eigenvalue weighted by Gasteiger charge is 2.30. The molecule has 4 rings (SSSR count). The molecule has 1 aromatic heterocycles. The molecule has 0 aliphatic carbocycles. The summed E-state index contributed by atoms with van der Waals surface area (Å²) < 4.78 is 12.4. The van der Waals surface area contributed by atoms with Crippen molar-refractivity contribution in [1.29, 1.82) is 0 Å². The van der Waals surface area contributed by atoms with Crippen LogP contribution in [-0.2, 0) is 12.8 Å². The molecule has 0 unspecified atom stereocenters. The lowest BCUT2D eigenvalue weighted by atomic mass is 9.87. The van der Waals surface area contributed by atoms with Crippen LogP contribution in [-0.4, -0.2) is 10.7 Å². The Labute approximate surface area is 188 Å². The van der Waals surface area contributed by atoms with Gasteiger partial charge < -0.3 is 14.3 Å². The zero-order valence-electron chi connectivity index (χ0n) is 19.6. The van der Waals surface area contributed by atoms with E-state index in [9.17, 15) is 9.90 Å². The second kappa shape index (κ2) is 8.01. The van der Waals surface area contributed by atoms with Crippen LogP contribution in [0.4, 0.5) is 0 Å². The fourth-order valence-electron chi connectivity index (χ4n) is 4.47. The first-order valence-electron chi connectivity index (χ1n) is 11.1. The molecule has 1 aliphatic rings. The Morgan fingerprint density at radius 2 is 1.81 bits per heavy atom. The summed E-state index contributed by atoms with van der Waals surface area (Å²) in [7, 11) is 0. The highest BCUT2D eigenvalue weighted by Crippen LogP contribution is 2.44. The van der Waals surface area contributed by atoms with Gasteiger partial charge in [-0.05, 0) is 88.4 Å². The second-order valence-corrected chi connectivity index (χ2v) is 9.22. The normalized spacial score (nSPS) is 14.2. The van der Waals surface area contributed by atoms with Gasteiger partial charge in [0.05, 0.1) is 11.1 Å². The van der Waals surface area contributed by atoms with Crippen LogP contribution in [0.5, 0.6) is 11.5 Å². The maximum absolute atomic E-state index is 13.1. The van der Waals surface area contributed by atoms with Crippen molar-refractivity contribution in [2.75, 3.05) is 0 Å². The standard InChI is InChI=1S/C28H30O4/c1-7-20-21(13-8-16(2)3)25-22(14-15-28(5,6)32-25)26-24(20)17(4)23(27(30)31-26)18-9-11-19(29)12-10-18/h8-12,14-15,29H,7,13H2,1-6H3. The molecule has 4 heteroatoms. The number of phenols is 1. The van der Waals surface area contributed by atoms with Crippen LogP contribution in [0.1, 0.15) is 56.9 Å². The number of fused-ring (bicyclic) bond motifs is 3. The van der Waals surface area contributed by atoms with Gasteiger partial charge in [0.2, 0.25) is 0 Å². The molecule has 3 aromatic rings. The Bertz CT molecular complexity index is 1310. The van der Waals surface area contributed by atoms with E-state index in [2.05, 4.69) is 26.8 Å². The van der Waals surface area contributed by atoms with Crippen molar-refractivity contribution in [1.82, 2.24) is 0 Å². The van der Waals surface area contributed by atoms with Crippen LogP contribution >= 0.6 is 0 Å². The van der Waals surface area contributed by atoms with Crippen molar-refractivity contribution in [2.24, 2.45) is 0 Å². The van der Waals surface area contributed by atoms with E-state index in [4.69, 9.17) is 9.15 Å². The third-order valence-corrected chi connectivity index (χ3v) is 6.05. The van der Waals surface area contributed by atoms with Crippen molar-refractivity contribution in [3.05, 3.63) is 74.7 Å². The predicted molar refractivity (Wildman–Crippen MR) is 131 cm³/mol. The van der Waals surface area contributed by atoms with Crippen LogP contribution in [0, 0.1) is 6.92 Å². The van der Waals surface area contributed by atoms with Gasteiger partial charge in [-0.2, -0.15) is 0 Å². The lowest BCUT2D eigenvalue weighted by Crippen LogP contribution is -2.28. The topological polar surface area (TPSA) is 59.7 Å². The second-order valence-electron chi connectivity index (χ2n) is 9.22. The number of ether oxygens (including phenoxy) is 1. The summed E-state index contributed by atoms with van der Waals surface area (Å²) >= 11 is 0. The van der Waals surface area contributed by atoms with Crippen LogP contribution in [0.2, 0.25) is 0 Å². The highest BCUT2D eigenvalue weighted by molar-refractivity contribution is 5.98. The number of hydrogen-bond donors (Lipinski definition) is 1. The minimum absolute atomic E-state index is 0.161. The van der Waals surface area contributed by atoms with Gasteiger partial charge in [0.25, 0.3) is 0 Å². The maximum atomic E-state index is 13.1. The zero-order chi connectivity index (χ0) is 23.2. The molecule has 0 saturated carbocycles. The fourth-order valence-corrected chi connectivity index (χ4v) is 4.47. The number of aryl methyl sites for hydroxylation is 2. The van der Waals surface area contributed by atoms with Gasteiger partial charge in [-0.3, -0.25) is 0 Å². The molecule has 1 aliphatic heterocycles. The van der Waals surface area contributed by atoms with Gasteiger partial charge in [-0.1, -0.05) is 30.7 Å². The van der Waals surface area contributed by atoms with Crippen LogP contribution in [0.25, 0.3) is 28.2 Å². The summed E-state index contributed by atoms with van der Waals surface area (Å²) in [4.78, 5) is 13.1. The third-order valence-electron chi connectivity index (χ3n) is 6.05. The number of phenolic OH excluding ortho intramolecular Hbond substituents is 1. The molecule has 0 bridgehead atoms.